The maximum absolute atomic E-state index is 10.3. The normalized spacial score (nSPS) is 10.4. The Bertz CT molecular complexity index is 119. The van der Waals surface area contributed by atoms with Gasteiger partial charge in [0.25, 0.3) is 0 Å². The third kappa shape index (κ3) is 14.9. The van der Waals surface area contributed by atoms with Crippen LogP contribution in [0.2, 0.25) is 0 Å². The number of rotatable bonds is 6. The van der Waals surface area contributed by atoms with E-state index in [9.17, 15) is 4.79 Å². The first-order chi connectivity index (χ1) is 6.54. The molecule has 0 rings (SSSR count). The summed E-state index contributed by atoms with van der Waals surface area (Å²) in [7, 11) is 0. The van der Waals surface area contributed by atoms with E-state index in [1.54, 1.807) is 0 Å². The average Bonchev–Trinajstić information content (AvgIpc) is 2.17. The highest BCUT2D eigenvalue weighted by molar-refractivity contribution is 14.1. The van der Waals surface area contributed by atoms with Gasteiger partial charge in [-0.2, -0.15) is 0 Å². The molecule has 0 aliphatic carbocycles. The highest BCUT2D eigenvalue weighted by Crippen LogP contribution is 2.19. The molecule has 0 aromatic heterocycles. The fraction of sp³-hybridized carbons (Fsp3) is 0.917. The van der Waals surface area contributed by atoms with Gasteiger partial charge < -0.3 is 4.79 Å². The van der Waals surface area contributed by atoms with Crippen molar-refractivity contribution in [1.82, 2.24) is 0 Å². The number of unbranched alkanes of at least 4 members (excludes halogenated alkanes) is 2. The maximum Gasteiger partial charge on any atom is 0.125 e. The Kier molecular flexibility index (Phi) is 13.8. The molecule has 0 heterocycles. The maximum atomic E-state index is 10.3. The molecular weight excluding hydrogens is 287 g/mol. The monoisotopic (exact) mass is 312 g/mol. The number of hydrogen-bond donors (Lipinski definition) is 0. The van der Waals surface area contributed by atoms with Gasteiger partial charge in [0.15, 0.2) is 0 Å². The third-order valence-corrected chi connectivity index (χ3v) is 2.74. The molecule has 0 unspecified atom stereocenters. The zero-order chi connectivity index (χ0) is 11.4. The van der Waals surface area contributed by atoms with E-state index in [1.165, 1.54) is 23.7 Å². The number of alkyl halides is 1. The molecule has 0 saturated carbocycles. The first kappa shape index (κ1) is 16.8. The summed E-state index contributed by atoms with van der Waals surface area (Å²) in [5.41, 5.74) is -0.0873. The van der Waals surface area contributed by atoms with Crippen LogP contribution >= 0.6 is 22.6 Å². The van der Waals surface area contributed by atoms with Gasteiger partial charge in [0.05, 0.1) is 0 Å². The van der Waals surface area contributed by atoms with Gasteiger partial charge in [-0.05, 0) is 17.3 Å². The summed E-state index contributed by atoms with van der Waals surface area (Å²) in [5.74, 6) is 0. The molecule has 0 amide bonds. The summed E-state index contributed by atoms with van der Waals surface area (Å²) in [6.07, 6.45) is 7.11. The second-order valence-electron chi connectivity index (χ2n) is 4.25. The average molecular weight is 312 g/mol. The fourth-order valence-corrected chi connectivity index (χ4v) is 1.59. The number of aldehydes is 1. The van der Waals surface area contributed by atoms with E-state index in [0.717, 1.165) is 19.1 Å². The van der Waals surface area contributed by atoms with Crippen LogP contribution in [0, 0.1) is 5.41 Å². The summed E-state index contributed by atoms with van der Waals surface area (Å²) in [6, 6.07) is 0. The summed E-state index contributed by atoms with van der Waals surface area (Å²) in [5, 5.41) is 0. The smallest absolute Gasteiger partial charge is 0.125 e. The van der Waals surface area contributed by atoms with Gasteiger partial charge in [0, 0.05) is 5.41 Å². The van der Waals surface area contributed by atoms with E-state index in [-0.39, 0.29) is 5.41 Å². The molecule has 14 heavy (non-hydrogen) atoms. The second kappa shape index (κ2) is 11.5. The quantitative estimate of drug-likeness (QED) is 0.397. The fourth-order valence-electron chi connectivity index (χ4n) is 0.825. The van der Waals surface area contributed by atoms with Crippen LogP contribution in [0.25, 0.3) is 0 Å². The lowest BCUT2D eigenvalue weighted by atomic mass is 9.89. The highest BCUT2D eigenvalue weighted by atomic mass is 127. The zero-order valence-electron chi connectivity index (χ0n) is 10.1. The highest BCUT2D eigenvalue weighted by Gasteiger charge is 2.14. The molecule has 86 valence electrons. The van der Waals surface area contributed by atoms with E-state index < -0.39 is 0 Å². The van der Waals surface area contributed by atoms with Crippen LogP contribution in [0.4, 0.5) is 0 Å². The van der Waals surface area contributed by atoms with Crippen LogP contribution in [0.3, 0.4) is 0 Å². The van der Waals surface area contributed by atoms with Crippen molar-refractivity contribution in [2.24, 2.45) is 5.41 Å². The standard InChI is InChI=1S/C8H16O.C4H9I/c1-4-5-6-8(2,3)7-9;1-2-3-4-5/h7H,4-6H2,1-3H3;2-4H2,1H3. The Morgan fingerprint density at radius 1 is 1.14 bits per heavy atom. The Balaban J connectivity index is 0. The Labute approximate surface area is 103 Å². The Hall–Kier alpha value is 0.400. The van der Waals surface area contributed by atoms with Crippen molar-refractivity contribution in [1.29, 1.82) is 0 Å². The predicted molar refractivity (Wildman–Crippen MR) is 73.2 cm³/mol. The van der Waals surface area contributed by atoms with Crippen molar-refractivity contribution < 1.29 is 4.79 Å². The molecule has 1 nitrogen and oxygen atoms in total. The lowest BCUT2D eigenvalue weighted by Crippen LogP contribution is -2.11. The first-order valence-corrected chi connectivity index (χ1v) is 7.08. The zero-order valence-corrected chi connectivity index (χ0v) is 12.3. The number of carbonyl (C=O) groups is 1. The molecule has 0 N–H and O–H groups in total. The molecule has 0 spiro atoms. The van der Waals surface area contributed by atoms with E-state index in [4.69, 9.17) is 0 Å². The van der Waals surface area contributed by atoms with Crippen molar-refractivity contribution >= 4 is 28.9 Å². The molecule has 0 aliphatic heterocycles. The summed E-state index contributed by atoms with van der Waals surface area (Å²) in [4.78, 5) is 10.3. The van der Waals surface area contributed by atoms with Crippen LogP contribution in [0.15, 0.2) is 0 Å². The molecule has 0 bridgehead atoms. The molecule has 0 aromatic carbocycles. The molecule has 0 atom stereocenters. The molecule has 2 heteroatoms. The summed E-state index contributed by atoms with van der Waals surface area (Å²) < 4.78 is 1.31. The number of carbonyl (C=O) groups excluding carboxylic acids is 1. The number of halogens is 1. The lowest BCUT2D eigenvalue weighted by molar-refractivity contribution is -0.115. The minimum Gasteiger partial charge on any atom is -0.303 e. The molecule has 0 aliphatic rings. The van der Waals surface area contributed by atoms with Crippen molar-refractivity contribution in [2.75, 3.05) is 4.43 Å². The van der Waals surface area contributed by atoms with Gasteiger partial charge in [-0.15, -0.1) is 0 Å². The topological polar surface area (TPSA) is 17.1 Å². The SMILES string of the molecule is CCCCC(C)(C)C=O.CCCCI. The largest absolute Gasteiger partial charge is 0.303 e. The van der Waals surface area contributed by atoms with Crippen molar-refractivity contribution in [3.8, 4) is 0 Å². The van der Waals surface area contributed by atoms with Crippen LogP contribution in [-0.2, 0) is 4.79 Å². The minimum atomic E-state index is -0.0873. The molecule has 0 radical (unpaired) electrons. The van der Waals surface area contributed by atoms with E-state index >= 15 is 0 Å². The van der Waals surface area contributed by atoms with Gasteiger partial charge in [-0.25, -0.2) is 0 Å². The molecular formula is C12H25IO. The predicted octanol–water partition coefficient (Wildman–Crippen LogP) is 4.62. The van der Waals surface area contributed by atoms with Gasteiger partial charge >= 0.3 is 0 Å². The Morgan fingerprint density at radius 2 is 1.64 bits per heavy atom. The van der Waals surface area contributed by atoms with Gasteiger partial charge in [-0.3, -0.25) is 0 Å². The second-order valence-corrected chi connectivity index (χ2v) is 5.33. The summed E-state index contributed by atoms with van der Waals surface area (Å²) >= 11 is 2.39. The van der Waals surface area contributed by atoms with E-state index in [2.05, 4.69) is 36.4 Å². The van der Waals surface area contributed by atoms with Crippen LogP contribution in [0.1, 0.15) is 59.8 Å². The Morgan fingerprint density at radius 3 is 1.86 bits per heavy atom. The third-order valence-electron chi connectivity index (χ3n) is 1.98. The minimum absolute atomic E-state index is 0.0873. The van der Waals surface area contributed by atoms with Crippen LogP contribution < -0.4 is 0 Å². The number of hydrogen-bond acceptors (Lipinski definition) is 1. The lowest BCUT2D eigenvalue weighted by Gasteiger charge is -2.14. The van der Waals surface area contributed by atoms with Gasteiger partial charge in [0.1, 0.15) is 6.29 Å². The van der Waals surface area contributed by atoms with Crippen LogP contribution in [0.5, 0.6) is 0 Å². The summed E-state index contributed by atoms with van der Waals surface area (Å²) in [6.45, 7) is 8.31. The van der Waals surface area contributed by atoms with Gasteiger partial charge in [0.2, 0.25) is 0 Å². The van der Waals surface area contributed by atoms with Crippen molar-refractivity contribution in [3.05, 3.63) is 0 Å². The van der Waals surface area contributed by atoms with Crippen molar-refractivity contribution in [2.45, 2.75) is 59.8 Å². The van der Waals surface area contributed by atoms with Gasteiger partial charge in [-0.1, -0.05) is 69.5 Å². The molecule has 0 aromatic rings. The molecule has 0 saturated heterocycles. The van der Waals surface area contributed by atoms with Crippen LogP contribution in [-0.4, -0.2) is 10.7 Å². The van der Waals surface area contributed by atoms with Crippen molar-refractivity contribution in [3.63, 3.8) is 0 Å². The molecule has 0 fully saturated rings. The first-order valence-electron chi connectivity index (χ1n) is 5.56. The van der Waals surface area contributed by atoms with E-state index in [0.29, 0.717) is 0 Å². The van der Waals surface area contributed by atoms with E-state index in [1.807, 2.05) is 13.8 Å².